The average Bonchev–Trinajstić information content (AvgIpc) is 3.22. The molecule has 6 nitrogen and oxygen atoms in total. The fourth-order valence-corrected chi connectivity index (χ4v) is 3.37. The van der Waals surface area contributed by atoms with Gasteiger partial charge in [0.25, 0.3) is 5.91 Å². The fourth-order valence-electron chi connectivity index (χ4n) is 2.35. The molecule has 1 amide bonds. The molecule has 1 saturated heterocycles. The van der Waals surface area contributed by atoms with Gasteiger partial charge in [-0.25, -0.2) is 14.2 Å². The number of nitrogens with one attached hydrogen (secondary N) is 1. The van der Waals surface area contributed by atoms with Crippen molar-refractivity contribution in [2.24, 2.45) is 4.99 Å². The van der Waals surface area contributed by atoms with Crippen LogP contribution in [-0.4, -0.2) is 22.2 Å². The van der Waals surface area contributed by atoms with Gasteiger partial charge in [-0.05, 0) is 41.6 Å². The second-order valence-corrected chi connectivity index (χ2v) is 7.01. The first kappa shape index (κ1) is 19.2. The number of carboxylic acids is 1. The number of benzene rings is 1. The van der Waals surface area contributed by atoms with Crippen LogP contribution in [0.3, 0.4) is 0 Å². The van der Waals surface area contributed by atoms with E-state index >= 15 is 0 Å². The monoisotopic (exact) mass is 408 g/mol. The number of hydrogen-bond acceptors (Lipinski definition) is 5. The van der Waals surface area contributed by atoms with E-state index in [-0.39, 0.29) is 15.8 Å². The number of nitrogens with zero attached hydrogens (tertiary/aromatic N) is 1. The number of rotatable bonds is 5. The molecule has 1 atom stereocenters. The van der Waals surface area contributed by atoms with Gasteiger partial charge in [-0.1, -0.05) is 24.6 Å². The third kappa shape index (κ3) is 4.40. The van der Waals surface area contributed by atoms with Crippen molar-refractivity contribution in [3.05, 3.63) is 63.2 Å². The lowest BCUT2D eigenvalue weighted by Crippen LogP contribution is -2.22. The van der Waals surface area contributed by atoms with Crippen molar-refractivity contribution in [3.8, 4) is 0 Å². The summed E-state index contributed by atoms with van der Waals surface area (Å²) in [7, 11) is 0. The zero-order chi connectivity index (χ0) is 19.6. The van der Waals surface area contributed by atoms with Gasteiger partial charge in [0.1, 0.15) is 17.3 Å². The Morgan fingerprint density at radius 1 is 1.44 bits per heavy atom. The van der Waals surface area contributed by atoms with E-state index in [4.69, 9.17) is 16.0 Å². The highest BCUT2D eigenvalue weighted by molar-refractivity contribution is 8.18. The van der Waals surface area contributed by atoms with Crippen LogP contribution in [-0.2, 0) is 16.0 Å². The van der Waals surface area contributed by atoms with E-state index < -0.39 is 23.7 Å². The van der Waals surface area contributed by atoms with Crippen LogP contribution in [0.2, 0.25) is 5.02 Å². The van der Waals surface area contributed by atoms with Gasteiger partial charge in [0.15, 0.2) is 11.2 Å². The molecule has 140 valence electrons. The highest BCUT2D eigenvalue weighted by Gasteiger charge is 2.28. The lowest BCUT2D eigenvalue weighted by atomic mass is 10.1. The molecule has 1 fully saturated rings. The number of carboxylic acid groups (broad SMARTS) is 1. The van der Waals surface area contributed by atoms with Crippen LogP contribution in [0.4, 0.5) is 4.39 Å². The topological polar surface area (TPSA) is 91.9 Å². The molecule has 1 aliphatic rings. The quantitative estimate of drug-likeness (QED) is 0.729. The second kappa shape index (κ2) is 7.98. The molecule has 0 saturated carbocycles. The van der Waals surface area contributed by atoms with E-state index in [1.165, 1.54) is 12.1 Å². The molecule has 0 aliphatic carbocycles. The van der Waals surface area contributed by atoms with Gasteiger partial charge in [0.05, 0.1) is 9.93 Å². The van der Waals surface area contributed by atoms with Gasteiger partial charge in [-0.2, -0.15) is 0 Å². The standard InChI is InChI=1S/C18H14ClFN2O4S/c1-2-10-4-5-11(26-10)8-14-16(23)22-18(27-14)21-15(17(24)25)9-3-6-13(20)12(19)7-9/h3-8,15H,2H2,1H3,(H,24,25)(H,21,22,23)/b14-8-. The number of furan rings is 1. The number of amidine groups is 1. The normalized spacial score (nSPS) is 18.1. The van der Waals surface area contributed by atoms with Gasteiger partial charge in [0, 0.05) is 12.5 Å². The highest BCUT2D eigenvalue weighted by atomic mass is 35.5. The van der Waals surface area contributed by atoms with E-state index in [1.54, 1.807) is 12.1 Å². The molecule has 2 N–H and O–H groups in total. The zero-order valence-electron chi connectivity index (χ0n) is 14.0. The largest absolute Gasteiger partial charge is 0.479 e. The summed E-state index contributed by atoms with van der Waals surface area (Å²) in [5.74, 6) is -1.01. The zero-order valence-corrected chi connectivity index (χ0v) is 15.6. The maximum absolute atomic E-state index is 13.3. The minimum atomic E-state index is -1.33. The van der Waals surface area contributed by atoms with Crippen molar-refractivity contribution in [3.63, 3.8) is 0 Å². The minimum absolute atomic E-state index is 0.126. The molecule has 2 aromatic rings. The van der Waals surface area contributed by atoms with Crippen molar-refractivity contribution >= 4 is 46.5 Å². The maximum atomic E-state index is 13.3. The number of halogens is 2. The number of aliphatic carboxylic acids is 1. The number of thioether (sulfide) groups is 1. The van der Waals surface area contributed by atoms with Crippen molar-refractivity contribution in [2.45, 2.75) is 19.4 Å². The summed E-state index contributed by atoms with van der Waals surface area (Å²) < 4.78 is 18.8. The van der Waals surface area contributed by atoms with Crippen LogP contribution in [0.15, 0.2) is 44.6 Å². The Bertz CT molecular complexity index is 970. The molecule has 1 aromatic heterocycles. The summed E-state index contributed by atoms with van der Waals surface area (Å²) in [5.41, 5.74) is 0.201. The van der Waals surface area contributed by atoms with Gasteiger partial charge < -0.3 is 14.8 Å². The van der Waals surface area contributed by atoms with E-state index in [1.807, 2.05) is 13.0 Å². The summed E-state index contributed by atoms with van der Waals surface area (Å²) in [5, 5.41) is 11.9. The smallest absolute Gasteiger partial charge is 0.333 e. The number of hydrogen-bond donors (Lipinski definition) is 2. The lowest BCUT2D eigenvalue weighted by Gasteiger charge is -2.09. The molecular formula is C18H14ClFN2O4S. The van der Waals surface area contributed by atoms with Crippen LogP contribution >= 0.6 is 23.4 Å². The second-order valence-electron chi connectivity index (χ2n) is 5.57. The Labute approximate surface area is 163 Å². The molecule has 9 heteroatoms. The molecule has 3 rings (SSSR count). The number of aryl methyl sites for hydroxylation is 1. The molecule has 1 unspecified atom stereocenters. The number of carbonyl (C=O) groups excluding carboxylic acids is 1. The molecule has 27 heavy (non-hydrogen) atoms. The summed E-state index contributed by atoms with van der Waals surface area (Å²) in [6.07, 6.45) is 2.29. The lowest BCUT2D eigenvalue weighted by molar-refractivity contribution is -0.138. The third-order valence-electron chi connectivity index (χ3n) is 3.69. The van der Waals surface area contributed by atoms with Gasteiger partial charge in [0.2, 0.25) is 0 Å². The van der Waals surface area contributed by atoms with Crippen LogP contribution in [0.1, 0.15) is 30.0 Å². The summed E-state index contributed by atoms with van der Waals surface area (Å²) in [6.45, 7) is 1.95. The average molecular weight is 409 g/mol. The van der Waals surface area contributed by atoms with E-state index in [0.29, 0.717) is 10.7 Å². The highest BCUT2D eigenvalue weighted by Crippen LogP contribution is 2.30. The molecule has 0 bridgehead atoms. The van der Waals surface area contributed by atoms with Crippen molar-refractivity contribution < 1.29 is 23.5 Å². The van der Waals surface area contributed by atoms with Gasteiger partial charge in [-0.3, -0.25) is 4.79 Å². The van der Waals surface area contributed by atoms with Crippen LogP contribution in [0.5, 0.6) is 0 Å². The Morgan fingerprint density at radius 3 is 2.85 bits per heavy atom. The first-order chi connectivity index (χ1) is 12.9. The van der Waals surface area contributed by atoms with Crippen molar-refractivity contribution in [1.82, 2.24) is 5.32 Å². The predicted molar refractivity (Wildman–Crippen MR) is 101 cm³/mol. The number of aliphatic imine (C=N–C) groups is 1. The summed E-state index contributed by atoms with van der Waals surface area (Å²) in [6, 6.07) is 5.79. The van der Waals surface area contributed by atoms with Crippen LogP contribution in [0, 0.1) is 5.82 Å². The van der Waals surface area contributed by atoms with Crippen molar-refractivity contribution in [1.29, 1.82) is 0 Å². The summed E-state index contributed by atoms with van der Waals surface area (Å²) in [4.78, 5) is 28.1. The van der Waals surface area contributed by atoms with E-state index in [2.05, 4.69) is 10.3 Å². The summed E-state index contributed by atoms with van der Waals surface area (Å²) >= 11 is 6.72. The number of amides is 1. The maximum Gasteiger partial charge on any atom is 0.333 e. The van der Waals surface area contributed by atoms with Crippen LogP contribution in [0.25, 0.3) is 6.08 Å². The molecule has 1 aliphatic heterocycles. The molecule has 2 heterocycles. The van der Waals surface area contributed by atoms with E-state index in [9.17, 15) is 19.1 Å². The minimum Gasteiger partial charge on any atom is -0.479 e. The Morgan fingerprint density at radius 2 is 2.22 bits per heavy atom. The Hall–Kier alpha value is -2.58. The first-order valence-electron chi connectivity index (χ1n) is 7.92. The molecule has 0 radical (unpaired) electrons. The van der Waals surface area contributed by atoms with Gasteiger partial charge in [-0.15, -0.1) is 0 Å². The van der Waals surface area contributed by atoms with E-state index in [0.717, 1.165) is 30.0 Å². The Balaban J connectivity index is 1.85. The fraction of sp³-hybridized carbons (Fsp3) is 0.167. The molecular weight excluding hydrogens is 395 g/mol. The Kier molecular flexibility index (Phi) is 5.67. The SMILES string of the molecule is CCc1ccc(/C=C2\SC(=NC(C(=O)O)c3ccc(F)c(Cl)c3)NC2=O)o1. The predicted octanol–water partition coefficient (Wildman–Crippen LogP) is 4.02. The molecule has 0 spiro atoms. The molecule has 1 aromatic carbocycles. The van der Waals surface area contributed by atoms with Crippen LogP contribution < -0.4 is 5.32 Å². The first-order valence-corrected chi connectivity index (χ1v) is 9.12. The van der Waals surface area contributed by atoms with Crippen molar-refractivity contribution in [2.75, 3.05) is 0 Å². The number of carbonyl (C=O) groups is 2. The van der Waals surface area contributed by atoms with Gasteiger partial charge >= 0.3 is 5.97 Å². The third-order valence-corrected chi connectivity index (χ3v) is 4.91.